The molecule has 4 heteroatoms. The molecule has 0 bridgehead atoms. The van der Waals surface area contributed by atoms with Gasteiger partial charge in [0, 0.05) is 12.1 Å². The summed E-state index contributed by atoms with van der Waals surface area (Å²) in [4.78, 5) is 18.3. The van der Waals surface area contributed by atoms with Gasteiger partial charge in [0.1, 0.15) is 0 Å². The highest BCUT2D eigenvalue weighted by Crippen LogP contribution is 2.25. The molecule has 1 aromatic heterocycles. The van der Waals surface area contributed by atoms with Crippen LogP contribution in [0.25, 0.3) is 10.2 Å². The number of aryl methyl sites for hydroxylation is 3. The predicted molar refractivity (Wildman–Crippen MR) is 117 cm³/mol. The van der Waals surface area contributed by atoms with Crippen LogP contribution in [-0.2, 0) is 19.4 Å². The van der Waals surface area contributed by atoms with E-state index in [1.54, 1.807) is 11.3 Å². The molecule has 0 saturated heterocycles. The number of hydrogen-bond acceptors (Lipinski definition) is 2. The number of hydrogen-bond donors (Lipinski definition) is 0. The van der Waals surface area contributed by atoms with Crippen molar-refractivity contribution >= 4 is 27.5 Å². The van der Waals surface area contributed by atoms with E-state index in [-0.39, 0.29) is 5.91 Å². The Bertz CT molecular complexity index is 1090. The third kappa shape index (κ3) is 3.70. The van der Waals surface area contributed by atoms with Crippen LogP contribution in [0.1, 0.15) is 73.0 Å². The molecule has 0 N–H and O–H groups in total. The van der Waals surface area contributed by atoms with E-state index < -0.39 is 0 Å². The molecule has 2 aromatic carbocycles. The summed E-state index contributed by atoms with van der Waals surface area (Å²) < 4.78 is 3.40. The fraction of sp³-hybridized carbons (Fsp3) is 0.417. The minimum atomic E-state index is -0.131. The maximum absolute atomic E-state index is 12.9. The lowest BCUT2D eigenvalue weighted by atomic mass is 9.90. The molecule has 0 aliphatic heterocycles. The van der Waals surface area contributed by atoms with Crippen LogP contribution in [-0.4, -0.2) is 10.5 Å². The summed E-state index contributed by atoms with van der Waals surface area (Å²) in [5.74, 6) is 0.359. The third-order valence-corrected chi connectivity index (χ3v) is 6.65. The fourth-order valence-corrected chi connectivity index (χ4v) is 5.09. The Morgan fingerprint density at radius 3 is 2.64 bits per heavy atom. The van der Waals surface area contributed by atoms with Gasteiger partial charge < -0.3 is 4.57 Å². The Balaban J connectivity index is 1.77. The first-order valence-corrected chi connectivity index (χ1v) is 11.2. The largest absolute Gasteiger partial charge is 0.316 e. The zero-order chi connectivity index (χ0) is 19.7. The van der Waals surface area contributed by atoms with Crippen LogP contribution in [0.3, 0.4) is 0 Å². The van der Waals surface area contributed by atoms with E-state index in [4.69, 9.17) is 0 Å². The highest BCUT2D eigenvalue weighted by Gasteiger charge is 2.14. The van der Waals surface area contributed by atoms with Crippen molar-refractivity contribution in [3.63, 3.8) is 0 Å². The van der Waals surface area contributed by atoms with Gasteiger partial charge in [-0.3, -0.25) is 4.79 Å². The van der Waals surface area contributed by atoms with Crippen molar-refractivity contribution in [2.24, 2.45) is 4.99 Å². The second kappa shape index (κ2) is 8.04. The monoisotopic (exact) mass is 392 g/mol. The van der Waals surface area contributed by atoms with E-state index >= 15 is 0 Å². The van der Waals surface area contributed by atoms with Gasteiger partial charge in [0.2, 0.25) is 0 Å². The summed E-state index contributed by atoms with van der Waals surface area (Å²) in [6.07, 6.45) is 5.69. The second-order valence-electron chi connectivity index (χ2n) is 8.03. The summed E-state index contributed by atoms with van der Waals surface area (Å²) >= 11 is 1.62. The predicted octanol–water partition coefficient (Wildman–Crippen LogP) is 5.86. The Morgan fingerprint density at radius 2 is 1.89 bits per heavy atom. The van der Waals surface area contributed by atoms with E-state index in [1.807, 2.05) is 6.07 Å². The molecule has 0 fully saturated rings. The van der Waals surface area contributed by atoms with Gasteiger partial charge in [-0.15, -0.1) is 0 Å². The molecule has 1 amide bonds. The van der Waals surface area contributed by atoms with E-state index in [2.05, 4.69) is 60.7 Å². The molecule has 1 aliphatic carbocycles. The van der Waals surface area contributed by atoms with E-state index in [1.165, 1.54) is 39.7 Å². The van der Waals surface area contributed by atoms with Crippen molar-refractivity contribution < 1.29 is 4.79 Å². The van der Waals surface area contributed by atoms with Crippen LogP contribution in [0.4, 0.5) is 0 Å². The summed E-state index contributed by atoms with van der Waals surface area (Å²) in [6, 6.07) is 12.8. The maximum atomic E-state index is 12.9. The topological polar surface area (TPSA) is 34.4 Å². The van der Waals surface area contributed by atoms with Crippen molar-refractivity contribution in [1.82, 2.24) is 4.57 Å². The highest BCUT2D eigenvalue weighted by atomic mass is 32.1. The molecule has 0 radical (unpaired) electrons. The lowest BCUT2D eigenvalue weighted by Gasteiger charge is -2.15. The Labute approximate surface area is 170 Å². The lowest BCUT2D eigenvalue weighted by Crippen LogP contribution is -2.17. The highest BCUT2D eigenvalue weighted by molar-refractivity contribution is 7.16. The van der Waals surface area contributed by atoms with Gasteiger partial charge in [-0.1, -0.05) is 44.2 Å². The summed E-state index contributed by atoms with van der Waals surface area (Å²) in [7, 11) is 0. The number of thiazole rings is 1. The number of rotatable bonds is 4. The van der Waals surface area contributed by atoms with Gasteiger partial charge in [-0.05, 0) is 79.0 Å². The van der Waals surface area contributed by atoms with Crippen LogP contribution in [0, 0.1) is 0 Å². The molecule has 0 spiro atoms. The van der Waals surface area contributed by atoms with Crippen molar-refractivity contribution in [1.29, 1.82) is 0 Å². The van der Waals surface area contributed by atoms with Crippen LogP contribution in [0.5, 0.6) is 0 Å². The summed E-state index contributed by atoms with van der Waals surface area (Å²) in [5.41, 5.74) is 5.93. The van der Waals surface area contributed by atoms with Gasteiger partial charge in [0.25, 0.3) is 5.91 Å². The maximum Gasteiger partial charge on any atom is 0.279 e. The molecule has 4 rings (SSSR count). The number of fused-ring (bicyclic) bond motifs is 2. The summed E-state index contributed by atoms with van der Waals surface area (Å²) in [5, 5.41) is 0. The molecule has 146 valence electrons. The molecule has 0 atom stereocenters. The molecule has 28 heavy (non-hydrogen) atoms. The number of nitrogens with zero attached hydrogens (tertiary/aromatic N) is 2. The Hall–Kier alpha value is -2.20. The van der Waals surface area contributed by atoms with Crippen molar-refractivity contribution in [2.45, 2.75) is 65.3 Å². The van der Waals surface area contributed by atoms with Gasteiger partial charge >= 0.3 is 0 Å². The molecule has 3 nitrogen and oxygen atoms in total. The molecule has 1 heterocycles. The summed E-state index contributed by atoms with van der Waals surface area (Å²) in [6.45, 7) is 7.45. The molecular formula is C24H28N2OS. The van der Waals surface area contributed by atoms with Crippen LogP contribution in [0.15, 0.2) is 41.4 Å². The Kier molecular flexibility index (Phi) is 5.49. The third-order valence-electron chi connectivity index (χ3n) is 5.61. The first-order chi connectivity index (χ1) is 13.6. The smallest absolute Gasteiger partial charge is 0.279 e. The van der Waals surface area contributed by atoms with Gasteiger partial charge in [-0.25, -0.2) is 0 Å². The van der Waals surface area contributed by atoms with Crippen LogP contribution < -0.4 is 4.80 Å². The molecular weight excluding hydrogens is 364 g/mol. The van der Waals surface area contributed by atoms with Crippen molar-refractivity contribution in [2.75, 3.05) is 0 Å². The number of carbonyl (C=O) groups excluding carboxylic acids is 1. The number of aromatic nitrogens is 1. The average Bonchev–Trinajstić information content (AvgIpc) is 3.04. The zero-order valence-corrected chi connectivity index (χ0v) is 17.8. The number of benzene rings is 2. The molecule has 0 unspecified atom stereocenters. The first kappa shape index (κ1) is 19.1. The zero-order valence-electron chi connectivity index (χ0n) is 17.0. The number of amides is 1. The van der Waals surface area contributed by atoms with E-state index in [0.29, 0.717) is 11.5 Å². The molecule has 3 aromatic rings. The fourth-order valence-electron chi connectivity index (χ4n) is 3.99. The van der Waals surface area contributed by atoms with Crippen LogP contribution >= 0.6 is 11.3 Å². The molecule has 0 saturated carbocycles. The second-order valence-corrected chi connectivity index (χ2v) is 9.03. The first-order valence-electron chi connectivity index (χ1n) is 10.4. The molecule has 1 aliphatic rings. The number of carbonyl (C=O) groups is 1. The minimum Gasteiger partial charge on any atom is -0.316 e. The standard InChI is InChI=1S/C24H28N2OS/c1-4-13-26-21-12-11-18(16(2)3)15-22(21)28-24(26)25-23(27)20-10-9-17-7-5-6-8-19(17)14-20/h9-12,14-16H,4-8,13H2,1-3H3. The normalized spacial score (nSPS) is 14.6. The van der Waals surface area contributed by atoms with E-state index in [9.17, 15) is 4.79 Å². The van der Waals surface area contributed by atoms with Gasteiger partial charge in [0.15, 0.2) is 4.80 Å². The van der Waals surface area contributed by atoms with Gasteiger partial charge in [0.05, 0.1) is 10.2 Å². The lowest BCUT2D eigenvalue weighted by molar-refractivity contribution is 0.0997. The van der Waals surface area contributed by atoms with E-state index in [0.717, 1.165) is 30.6 Å². The quantitative estimate of drug-likeness (QED) is 0.548. The van der Waals surface area contributed by atoms with Gasteiger partial charge in [-0.2, -0.15) is 4.99 Å². The van der Waals surface area contributed by atoms with Crippen molar-refractivity contribution in [3.8, 4) is 0 Å². The van der Waals surface area contributed by atoms with Crippen LogP contribution in [0.2, 0.25) is 0 Å². The minimum absolute atomic E-state index is 0.131. The van der Waals surface area contributed by atoms with Crippen molar-refractivity contribution in [3.05, 3.63) is 63.5 Å². The Morgan fingerprint density at radius 1 is 1.11 bits per heavy atom. The SMILES string of the molecule is CCCn1c(=NC(=O)c2ccc3c(c2)CCCC3)sc2cc(C(C)C)ccc21. The average molecular weight is 393 g/mol.